The zero-order valence-electron chi connectivity index (χ0n) is 15.0. The molecule has 0 saturated carbocycles. The molecule has 2 aliphatic heterocycles. The quantitative estimate of drug-likeness (QED) is 0.771. The number of thioether (sulfide) groups is 1. The molecule has 2 aliphatic rings. The first kappa shape index (κ1) is 18.0. The van der Waals surface area contributed by atoms with E-state index < -0.39 is 5.54 Å². The third-order valence-electron chi connectivity index (χ3n) is 5.13. The number of fused-ring (bicyclic) bond motifs is 1. The van der Waals surface area contributed by atoms with Crippen molar-refractivity contribution in [3.8, 4) is 0 Å². The maximum Gasteiger partial charge on any atom is 0.246 e. The van der Waals surface area contributed by atoms with Crippen molar-refractivity contribution in [3.63, 3.8) is 0 Å². The molecule has 9 heteroatoms. The first-order valence-corrected chi connectivity index (χ1v) is 9.80. The Hall–Kier alpha value is -2.39. The molecule has 2 atom stereocenters. The SMILES string of the molecule is Cn1cnnc1SCC(=O)N1CC[C@@]2(c3ccccc3)NC(=O)CO[C@@H]2C1. The van der Waals surface area contributed by atoms with E-state index in [1.165, 1.54) is 11.8 Å². The summed E-state index contributed by atoms with van der Waals surface area (Å²) in [7, 11) is 1.85. The lowest BCUT2D eigenvalue weighted by Gasteiger charge is -2.50. The highest BCUT2D eigenvalue weighted by molar-refractivity contribution is 7.99. The minimum Gasteiger partial charge on any atom is -0.364 e. The average molecular weight is 387 g/mol. The summed E-state index contributed by atoms with van der Waals surface area (Å²) in [6, 6.07) is 9.86. The van der Waals surface area contributed by atoms with Crippen LogP contribution in [0.2, 0.25) is 0 Å². The lowest BCUT2D eigenvalue weighted by atomic mass is 9.77. The van der Waals surface area contributed by atoms with Crippen LogP contribution < -0.4 is 5.32 Å². The van der Waals surface area contributed by atoms with Gasteiger partial charge in [0, 0.05) is 20.1 Å². The Bertz CT molecular complexity index is 843. The topological polar surface area (TPSA) is 89.4 Å². The molecule has 2 amide bonds. The van der Waals surface area contributed by atoms with Crippen molar-refractivity contribution >= 4 is 23.6 Å². The smallest absolute Gasteiger partial charge is 0.246 e. The third-order valence-corrected chi connectivity index (χ3v) is 6.15. The molecule has 27 heavy (non-hydrogen) atoms. The number of morpholine rings is 1. The molecule has 1 aromatic heterocycles. The zero-order chi connectivity index (χ0) is 18.9. The Morgan fingerprint density at radius 3 is 2.96 bits per heavy atom. The molecule has 1 aromatic carbocycles. The van der Waals surface area contributed by atoms with Gasteiger partial charge in [-0.3, -0.25) is 9.59 Å². The number of benzene rings is 1. The second kappa shape index (κ2) is 7.32. The highest BCUT2D eigenvalue weighted by atomic mass is 32.2. The van der Waals surface area contributed by atoms with Crippen molar-refractivity contribution in [2.24, 2.45) is 7.05 Å². The van der Waals surface area contributed by atoms with Gasteiger partial charge in [0.15, 0.2) is 5.16 Å². The van der Waals surface area contributed by atoms with Crippen LogP contribution in [0.15, 0.2) is 41.8 Å². The molecule has 2 fully saturated rings. The van der Waals surface area contributed by atoms with E-state index in [1.807, 2.05) is 42.3 Å². The van der Waals surface area contributed by atoms with Crippen LogP contribution in [-0.4, -0.2) is 63.0 Å². The lowest BCUT2D eigenvalue weighted by molar-refractivity contribution is -0.156. The maximum atomic E-state index is 12.7. The van der Waals surface area contributed by atoms with Gasteiger partial charge in [-0.2, -0.15) is 0 Å². The summed E-state index contributed by atoms with van der Waals surface area (Å²) in [6.45, 7) is 1.04. The van der Waals surface area contributed by atoms with E-state index in [0.29, 0.717) is 30.4 Å². The Balaban J connectivity index is 1.47. The van der Waals surface area contributed by atoms with Gasteiger partial charge >= 0.3 is 0 Å². The van der Waals surface area contributed by atoms with Gasteiger partial charge in [0.05, 0.1) is 11.3 Å². The number of carbonyl (C=O) groups excluding carboxylic acids is 2. The Morgan fingerprint density at radius 1 is 1.41 bits per heavy atom. The predicted octanol–water partition coefficient (Wildman–Crippen LogP) is 0.550. The van der Waals surface area contributed by atoms with Crippen LogP contribution in [0.25, 0.3) is 0 Å². The fourth-order valence-electron chi connectivity index (χ4n) is 3.70. The molecule has 4 rings (SSSR count). The number of hydrogen-bond donors (Lipinski definition) is 1. The number of likely N-dealkylation sites (tertiary alicyclic amines) is 1. The first-order chi connectivity index (χ1) is 13.1. The summed E-state index contributed by atoms with van der Waals surface area (Å²) in [6.07, 6.45) is 1.96. The zero-order valence-corrected chi connectivity index (χ0v) is 15.8. The lowest BCUT2D eigenvalue weighted by Crippen LogP contribution is -2.67. The minimum atomic E-state index is -0.579. The fraction of sp³-hybridized carbons (Fsp3) is 0.444. The van der Waals surface area contributed by atoms with E-state index in [1.54, 1.807) is 10.9 Å². The highest BCUT2D eigenvalue weighted by Gasteiger charge is 2.49. The number of aromatic nitrogens is 3. The third kappa shape index (κ3) is 3.44. The van der Waals surface area contributed by atoms with Crippen LogP contribution in [-0.2, 0) is 26.9 Å². The monoisotopic (exact) mass is 387 g/mol. The van der Waals surface area contributed by atoms with Gasteiger partial charge in [0.1, 0.15) is 19.0 Å². The van der Waals surface area contributed by atoms with Gasteiger partial charge in [0.25, 0.3) is 0 Å². The normalized spacial score (nSPS) is 25.0. The summed E-state index contributed by atoms with van der Waals surface area (Å²) < 4.78 is 7.65. The molecule has 0 unspecified atom stereocenters. The number of ether oxygens (including phenoxy) is 1. The molecule has 0 spiro atoms. The van der Waals surface area contributed by atoms with Gasteiger partial charge in [-0.1, -0.05) is 42.1 Å². The van der Waals surface area contributed by atoms with Crippen molar-refractivity contribution in [1.82, 2.24) is 25.0 Å². The molecule has 8 nitrogen and oxygen atoms in total. The van der Waals surface area contributed by atoms with Crippen LogP contribution in [0.5, 0.6) is 0 Å². The minimum absolute atomic E-state index is 0.0228. The molecule has 3 heterocycles. The number of nitrogens with zero attached hydrogens (tertiary/aromatic N) is 4. The molecular weight excluding hydrogens is 366 g/mol. The summed E-state index contributed by atoms with van der Waals surface area (Å²) in [5.74, 6) is 0.210. The van der Waals surface area contributed by atoms with Crippen LogP contribution in [0.4, 0.5) is 0 Å². The van der Waals surface area contributed by atoms with Gasteiger partial charge in [-0.25, -0.2) is 0 Å². The largest absolute Gasteiger partial charge is 0.364 e. The Kier molecular flexibility index (Phi) is 4.88. The molecule has 0 bridgehead atoms. The summed E-state index contributed by atoms with van der Waals surface area (Å²) in [5, 5.41) is 11.7. The summed E-state index contributed by atoms with van der Waals surface area (Å²) in [5.41, 5.74) is 0.438. The molecular formula is C18H21N5O3S. The standard InChI is InChI=1S/C18H21N5O3S/c1-22-12-19-21-17(22)27-11-16(25)23-8-7-18(13-5-3-2-4-6-13)14(9-23)26-10-15(24)20-18/h2-6,12,14H,7-11H2,1H3,(H,20,24)/t14-,18+/m1/s1. The molecule has 2 saturated heterocycles. The van der Waals surface area contributed by atoms with Gasteiger partial charge in [-0.05, 0) is 12.0 Å². The van der Waals surface area contributed by atoms with Crippen molar-refractivity contribution in [1.29, 1.82) is 0 Å². The maximum absolute atomic E-state index is 12.7. The second-order valence-corrected chi connectivity index (χ2v) is 7.73. The van der Waals surface area contributed by atoms with Crippen molar-refractivity contribution in [2.75, 3.05) is 25.4 Å². The highest BCUT2D eigenvalue weighted by Crippen LogP contribution is 2.37. The van der Waals surface area contributed by atoms with Gasteiger partial charge < -0.3 is 19.5 Å². The predicted molar refractivity (Wildman–Crippen MR) is 98.9 cm³/mol. The Morgan fingerprint density at radius 2 is 2.22 bits per heavy atom. The van der Waals surface area contributed by atoms with E-state index in [9.17, 15) is 9.59 Å². The van der Waals surface area contributed by atoms with E-state index in [0.717, 1.165) is 5.56 Å². The number of aryl methyl sites for hydroxylation is 1. The molecule has 2 aromatic rings. The van der Waals surface area contributed by atoms with Gasteiger partial charge in [-0.15, -0.1) is 10.2 Å². The molecule has 0 radical (unpaired) electrons. The van der Waals surface area contributed by atoms with E-state index in [2.05, 4.69) is 15.5 Å². The van der Waals surface area contributed by atoms with Crippen LogP contribution >= 0.6 is 11.8 Å². The molecule has 1 N–H and O–H groups in total. The van der Waals surface area contributed by atoms with E-state index in [-0.39, 0.29) is 24.5 Å². The second-order valence-electron chi connectivity index (χ2n) is 6.79. The molecule has 0 aliphatic carbocycles. The van der Waals surface area contributed by atoms with Crippen LogP contribution in [0.1, 0.15) is 12.0 Å². The number of hydrogen-bond acceptors (Lipinski definition) is 6. The molecule has 142 valence electrons. The van der Waals surface area contributed by atoms with E-state index >= 15 is 0 Å². The first-order valence-electron chi connectivity index (χ1n) is 8.81. The summed E-state index contributed by atoms with van der Waals surface area (Å²) >= 11 is 1.37. The number of piperidine rings is 1. The average Bonchev–Trinajstić information content (AvgIpc) is 3.11. The van der Waals surface area contributed by atoms with Crippen LogP contribution in [0.3, 0.4) is 0 Å². The van der Waals surface area contributed by atoms with Gasteiger partial charge in [0.2, 0.25) is 11.8 Å². The number of rotatable bonds is 4. The van der Waals surface area contributed by atoms with Crippen molar-refractivity contribution in [2.45, 2.75) is 23.2 Å². The summed E-state index contributed by atoms with van der Waals surface area (Å²) in [4.78, 5) is 26.5. The van der Waals surface area contributed by atoms with Crippen molar-refractivity contribution in [3.05, 3.63) is 42.2 Å². The number of nitrogens with one attached hydrogen (secondary N) is 1. The number of carbonyl (C=O) groups is 2. The Labute approximate surface area is 161 Å². The van der Waals surface area contributed by atoms with E-state index in [4.69, 9.17) is 4.74 Å². The fourth-order valence-corrected chi connectivity index (χ4v) is 4.49. The number of amides is 2. The van der Waals surface area contributed by atoms with Crippen LogP contribution in [0, 0.1) is 0 Å². The van der Waals surface area contributed by atoms with Crippen molar-refractivity contribution < 1.29 is 14.3 Å².